The molecule has 1 aliphatic carbocycles. The Balaban J connectivity index is 2.07. The second-order valence-corrected chi connectivity index (χ2v) is 5.31. The van der Waals surface area contributed by atoms with E-state index in [1.165, 1.54) is 19.3 Å². The minimum Gasteiger partial charge on any atom is -0.481 e. The van der Waals surface area contributed by atoms with Crippen LogP contribution in [0.15, 0.2) is 0 Å². The van der Waals surface area contributed by atoms with E-state index in [0.717, 1.165) is 6.42 Å². The van der Waals surface area contributed by atoms with Gasteiger partial charge in [0.15, 0.2) is 0 Å². The van der Waals surface area contributed by atoms with Gasteiger partial charge in [0, 0.05) is 12.8 Å². The van der Waals surface area contributed by atoms with Crippen LogP contribution in [0.1, 0.15) is 58.3 Å². The van der Waals surface area contributed by atoms with Crippen LogP contribution in [0.4, 0.5) is 0 Å². The van der Waals surface area contributed by atoms with Gasteiger partial charge >= 0.3 is 11.9 Å². The van der Waals surface area contributed by atoms with E-state index in [4.69, 9.17) is 9.84 Å². The topological polar surface area (TPSA) is 63.6 Å². The lowest BCUT2D eigenvalue weighted by Gasteiger charge is -2.28. The first kappa shape index (κ1) is 15.0. The van der Waals surface area contributed by atoms with E-state index < -0.39 is 5.97 Å². The largest absolute Gasteiger partial charge is 0.481 e. The maximum Gasteiger partial charge on any atom is 0.305 e. The van der Waals surface area contributed by atoms with E-state index in [1.54, 1.807) is 0 Å². The molecule has 1 aliphatic rings. The Morgan fingerprint density at radius 3 is 2.50 bits per heavy atom. The van der Waals surface area contributed by atoms with Gasteiger partial charge in [-0.3, -0.25) is 9.59 Å². The molecule has 104 valence electrons. The molecule has 1 N–H and O–H groups in total. The number of carboxylic acid groups (broad SMARTS) is 1. The number of rotatable bonds is 7. The van der Waals surface area contributed by atoms with Crippen LogP contribution >= 0.6 is 0 Å². The molecule has 0 bridgehead atoms. The Morgan fingerprint density at radius 2 is 1.83 bits per heavy atom. The lowest BCUT2D eigenvalue weighted by atomic mass is 9.81. The summed E-state index contributed by atoms with van der Waals surface area (Å²) in [5.41, 5.74) is 0. The molecule has 0 heterocycles. The Labute approximate surface area is 109 Å². The highest BCUT2D eigenvalue weighted by Crippen LogP contribution is 2.29. The number of carbonyl (C=O) groups is 2. The smallest absolute Gasteiger partial charge is 0.305 e. The standard InChI is InChI=1S/C14H24O4/c1-11-6-2-3-7-12(11)10-18-14(17)9-5-4-8-13(15)16/h11-12H,2-10H2,1H3,(H,15,16). The molecule has 18 heavy (non-hydrogen) atoms. The van der Waals surface area contributed by atoms with Crippen LogP contribution in [-0.2, 0) is 14.3 Å². The Bertz CT molecular complexity index is 275. The van der Waals surface area contributed by atoms with Gasteiger partial charge in [-0.1, -0.05) is 26.2 Å². The van der Waals surface area contributed by atoms with Crippen molar-refractivity contribution in [2.45, 2.75) is 58.3 Å². The monoisotopic (exact) mass is 256 g/mol. The quantitative estimate of drug-likeness (QED) is 0.562. The van der Waals surface area contributed by atoms with Crippen LogP contribution in [-0.4, -0.2) is 23.7 Å². The minimum absolute atomic E-state index is 0.132. The number of carboxylic acids is 1. The molecular weight excluding hydrogens is 232 g/mol. The lowest BCUT2D eigenvalue weighted by molar-refractivity contribution is -0.146. The van der Waals surface area contributed by atoms with E-state index in [2.05, 4.69) is 6.92 Å². The maximum atomic E-state index is 11.5. The van der Waals surface area contributed by atoms with Crippen molar-refractivity contribution in [3.8, 4) is 0 Å². The van der Waals surface area contributed by atoms with Gasteiger partial charge in [-0.05, 0) is 31.1 Å². The second-order valence-electron chi connectivity index (χ2n) is 5.31. The van der Waals surface area contributed by atoms with Crippen molar-refractivity contribution in [3.63, 3.8) is 0 Å². The van der Waals surface area contributed by atoms with Crippen LogP contribution in [0, 0.1) is 11.8 Å². The SMILES string of the molecule is CC1CCCCC1COC(=O)CCCCC(=O)O. The number of ether oxygens (including phenoxy) is 1. The van der Waals surface area contributed by atoms with Crippen LogP contribution in [0.2, 0.25) is 0 Å². The number of esters is 1. The highest BCUT2D eigenvalue weighted by Gasteiger charge is 2.22. The number of unbranched alkanes of at least 4 members (excludes halogenated alkanes) is 1. The Hall–Kier alpha value is -1.06. The van der Waals surface area contributed by atoms with Gasteiger partial charge in [0.1, 0.15) is 0 Å². The number of carbonyl (C=O) groups excluding carboxylic acids is 1. The highest BCUT2D eigenvalue weighted by atomic mass is 16.5. The van der Waals surface area contributed by atoms with E-state index in [1.807, 2.05) is 0 Å². The van der Waals surface area contributed by atoms with Gasteiger partial charge in [-0.15, -0.1) is 0 Å². The van der Waals surface area contributed by atoms with Crippen LogP contribution < -0.4 is 0 Å². The normalized spacial score (nSPS) is 23.6. The van der Waals surface area contributed by atoms with Crippen LogP contribution in [0.25, 0.3) is 0 Å². The maximum absolute atomic E-state index is 11.5. The molecule has 2 unspecified atom stereocenters. The zero-order valence-electron chi connectivity index (χ0n) is 11.2. The first-order chi connectivity index (χ1) is 8.59. The van der Waals surface area contributed by atoms with E-state index in [9.17, 15) is 9.59 Å². The first-order valence-electron chi connectivity index (χ1n) is 6.97. The fourth-order valence-corrected chi connectivity index (χ4v) is 2.46. The van der Waals surface area contributed by atoms with Gasteiger partial charge in [0.25, 0.3) is 0 Å². The second kappa shape index (κ2) is 8.11. The fourth-order valence-electron chi connectivity index (χ4n) is 2.46. The van der Waals surface area contributed by atoms with E-state index >= 15 is 0 Å². The van der Waals surface area contributed by atoms with Crippen molar-refractivity contribution < 1.29 is 19.4 Å². The average Bonchev–Trinajstić information content (AvgIpc) is 2.33. The van der Waals surface area contributed by atoms with Gasteiger partial charge in [-0.2, -0.15) is 0 Å². The summed E-state index contributed by atoms with van der Waals surface area (Å²) in [6.07, 6.45) is 6.55. The lowest BCUT2D eigenvalue weighted by Crippen LogP contribution is -2.23. The summed E-state index contributed by atoms with van der Waals surface area (Å²) >= 11 is 0. The van der Waals surface area contributed by atoms with Gasteiger partial charge in [0.05, 0.1) is 6.61 Å². The van der Waals surface area contributed by atoms with Crippen molar-refractivity contribution in [1.82, 2.24) is 0 Å². The van der Waals surface area contributed by atoms with E-state index in [-0.39, 0.29) is 12.4 Å². The number of hydrogen-bond donors (Lipinski definition) is 1. The zero-order valence-corrected chi connectivity index (χ0v) is 11.2. The third-order valence-electron chi connectivity index (χ3n) is 3.77. The van der Waals surface area contributed by atoms with Crippen molar-refractivity contribution in [3.05, 3.63) is 0 Å². The third kappa shape index (κ3) is 6.03. The third-order valence-corrected chi connectivity index (χ3v) is 3.77. The summed E-state index contributed by atoms with van der Waals surface area (Å²) in [4.78, 5) is 21.8. The summed E-state index contributed by atoms with van der Waals surface area (Å²) in [5.74, 6) is 0.179. The minimum atomic E-state index is -0.806. The molecular formula is C14H24O4. The van der Waals surface area contributed by atoms with Crippen LogP contribution in [0.5, 0.6) is 0 Å². The molecule has 1 rings (SSSR count). The molecule has 2 atom stereocenters. The molecule has 0 spiro atoms. The van der Waals surface area contributed by atoms with Gasteiger partial charge in [-0.25, -0.2) is 0 Å². The molecule has 4 heteroatoms. The summed E-state index contributed by atoms with van der Waals surface area (Å²) in [6.45, 7) is 2.77. The number of hydrogen-bond acceptors (Lipinski definition) is 3. The fraction of sp³-hybridized carbons (Fsp3) is 0.857. The molecule has 1 saturated carbocycles. The summed E-state index contributed by atoms with van der Waals surface area (Å²) in [6, 6.07) is 0. The predicted molar refractivity (Wildman–Crippen MR) is 68.2 cm³/mol. The summed E-state index contributed by atoms with van der Waals surface area (Å²) in [7, 11) is 0. The van der Waals surface area contributed by atoms with Crippen molar-refractivity contribution in [2.75, 3.05) is 6.61 Å². The van der Waals surface area contributed by atoms with Crippen LogP contribution in [0.3, 0.4) is 0 Å². The molecule has 0 saturated heterocycles. The highest BCUT2D eigenvalue weighted by molar-refractivity contribution is 5.69. The number of aliphatic carboxylic acids is 1. The van der Waals surface area contributed by atoms with Crippen molar-refractivity contribution in [1.29, 1.82) is 0 Å². The molecule has 0 aliphatic heterocycles. The molecule has 0 aromatic heterocycles. The molecule has 4 nitrogen and oxygen atoms in total. The summed E-state index contributed by atoms with van der Waals surface area (Å²) in [5, 5.41) is 8.47. The average molecular weight is 256 g/mol. The molecule has 0 radical (unpaired) electrons. The predicted octanol–water partition coefficient (Wildman–Crippen LogP) is 3.00. The molecule has 0 aromatic rings. The van der Waals surface area contributed by atoms with Gasteiger partial charge in [0.2, 0.25) is 0 Å². The Morgan fingerprint density at radius 1 is 1.17 bits per heavy atom. The molecule has 0 aromatic carbocycles. The molecule has 1 fully saturated rings. The molecule has 0 amide bonds. The van der Waals surface area contributed by atoms with Crippen molar-refractivity contribution >= 4 is 11.9 Å². The zero-order chi connectivity index (χ0) is 13.4. The van der Waals surface area contributed by atoms with Crippen molar-refractivity contribution in [2.24, 2.45) is 11.8 Å². The Kier molecular flexibility index (Phi) is 6.76. The van der Waals surface area contributed by atoms with E-state index in [0.29, 0.717) is 37.7 Å². The van der Waals surface area contributed by atoms with Gasteiger partial charge < -0.3 is 9.84 Å². The first-order valence-corrected chi connectivity index (χ1v) is 6.97. The summed E-state index contributed by atoms with van der Waals surface area (Å²) < 4.78 is 5.27.